The zero-order valence-electron chi connectivity index (χ0n) is 9.54. The molecule has 0 unspecified atom stereocenters. The van der Waals surface area contributed by atoms with Gasteiger partial charge in [0.15, 0.2) is 0 Å². The molecule has 0 saturated carbocycles. The number of nitrogens with one attached hydrogen (secondary N) is 1. The molecule has 1 aromatic heterocycles. The molecule has 0 saturated heterocycles. The average molecular weight is 261 g/mol. The maximum atomic E-state index is 12.8. The molecule has 0 bridgehead atoms. The molecule has 7 heteroatoms. The van der Waals surface area contributed by atoms with E-state index in [0.717, 1.165) is 6.07 Å². The van der Waals surface area contributed by atoms with Gasteiger partial charge in [-0.05, 0) is 24.3 Å². The molecule has 2 aromatic rings. The zero-order chi connectivity index (χ0) is 13.8. The van der Waals surface area contributed by atoms with Gasteiger partial charge in [-0.3, -0.25) is 14.9 Å². The Kier molecular flexibility index (Phi) is 3.46. The molecule has 19 heavy (non-hydrogen) atoms. The van der Waals surface area contributed by atoms with Crippen LogP contribution in [0.15, 0.2) is 42.5 Å². The summed E-state index contributed by atoms with van der Waals surface area (Å²) in [6.07, 6.45) is 0. The lowest BCUT2D eigenvalue weighted by Crippen LogP contribution is -2.13. The van der Waals surface area contributed by atoms with Crippen molar-refractivity contribution in [3.05, 3.63) is 64.1 Å². The van der Waals surface area contributed by atoms with E-state index in [0.29, 0.717) is 0 Å². The van der Waals surface area contributed by atoms with Crippen LogP contribution in [0, 0.1) is 16.1 Å². The Morgan fingerprint density at radius 1 is 1.21 bits per heavy atom. The van der Waals surface area contributed by atoms with Gasteiger partial charge in [-0.2, -0.15) is 4.39 Å². The topological polar surface area (TPSA) is 85.1 Å². The molecule has 1 aromatic carbocycles. The molecule has 6 nitrogen and oxygen atoms in total. The van der Waals surface area contributed by atoms with Crippen LogP contribution >= 0.6 is 0 Å². The average Bonchev–Trinajstić information content (AvgIpc) is 2.39. The number of hydrogen-bond donors (Lipinski definition) is 1. The van der Waals surface area contributed by atoms with E-state index in [-0.39, 0.29) is 17.1 Å². The number of nitro benzene ring substituents is 1. The van der Waals surface area contributed by atoms with E-state index in [1.807, 2.05) is 0 Å². The van der Waals surface area contributed by atoms with Crippen molar-refractivity contribution in [3.63, 3.8) is 0 Å². The van der Waals surface area contributed by atoms with Crippen LogP contribution in [0.2, 0.25) is 0 Å². The number of hydrogen-bond acceptors (Lipinski definition) is 4. The molecule has 0 aliphatic heterocycles. The highest BCUT2D eigenvalue weighted by Crippen LogP contribution is 2.13. The lowest BCUT2D eigenvalue weighted by molar-refractivity contribution is -0.384. The molecule has 0 radical (unpaired) electrons. The first-order chi connectivity index (χ1) is 9.06. The Balaban J connectivity index is 2.14. The normalized spacial score (nSPS) is 9.95. The van der Waals surface area contributed by atoms with Gasteiger partial charge in [0.2, 0.25) is 5.95 Å². The first-order valence-electron chi connectivity index (χ1n) is 5.24. The van der Waals surface area contributed by atoms with Crippen LogP contribution in [0.5, 0.6) is 0 Å². The second-order valence-electron chi connectivity index (χ2n) is 3.60. The van der Waals surface area contributed by atoms with Gasteiger partial charge in [0.25, 0.3) is 11.6 Å². The molecule has 0 aliphatic carbocycles. The minimum Gasteiger partial charge on any atom is -0.306 e. The number of rotatable bonds is 3. The van der Waals surface area contributed by atoms with Gasteiger partial charge in [0.1, 0.15) is 5.82 Å². The minimum atomic E-state index is -0.707. The number of anilines is 1. The summed E-state index contributed by atoms with van der Waals surface area (Å²) in [6, 6.07) is 9.06. The second kappa shape index (κ2) is 5.21. The monoisotopic (exact) mass is 261 g/mol. The fraction of sp³-hybridized carbons (Fsp3) is 0. The molecular weight excluding hydrogens is 253 g/mol. The predicted molar refractivity (Wildman–Crippen MR) is 65.2 cm³/mol. The molecule has 2 rings (SSSR count). The highest BCUT2D eigenvalue weighted by atomic mass is 19.1. The summed E-state index contributed by atoms with van der Waals surface area (Å²) in [4.78, 5) is 25.1. The molecule has 1 heterocycles. The highest BCUT2D eigenvalue weighted by Gasteiger charge is 2.10. The number of amides is 1. The fourth-order valence-electron chi connectivity index (χ4n) is 1.40. The van der Waals surface area contributed by atoms with Crippen molar-refractivity contribution in [1.82, 2.24) is 4.98 Å². The zero-order valence-corrected chi connectivity index (χ0v) is 9.54. The third kappa shape index (κ3) is 3.09. The van der Waals surface area contributed by atoms with Crippen molar-refractivity contribution in [2.45, 2.75) is 0 Å². The first-order valence-corrected chi connectivity index (χ1v) is 5.24. The molecule has 1 amide bonds. The van der Waals surface area contributed by atoms with Gasteiger partial charge in [-0.1, -0.05) is 6.07 Å². The van der Waals surface area contributed by atoms with E-state index in [1.54, 1.807) is 0 Å². The molecule has 0 fully saturated rings. The first kappa shape index (κ1) is 12.6. The van der Waals surface area contributed by atoms with Crippen LogP contribution in [0.3, 0.4) is 0 Å². The summed E-state index contributed by atoms with van der Waals surface area (Å²) in [6.45, 7) is 0. The maximum absolute atomic E-state index is 12.8. The van der Waals surface area contributed by atoms with Crippen molar-refractivity contribution in [1.29, 1.82) is 0 Å². The van der Waals surface area contributed by atoms with Crippen molar-refractivity contribution >= 4 is 17.4 Å². The van der Waals surface area contributed by atoms with Gasteiger partial charge in [0.05, 0.1) is 4.92 Å². The second-order valence-corrected chi connectivity index (χ2v) is 3.60. The van der Waals surface area contributed by atoms with Gasteiger partial charge in [-0.15, -0.1) is 0 Å². The summed E-state index contributed by atoms with van der Waals surface area (Å²) >= 11 is 0. The number of pyridine rings is 1. The number of nitrogens with zero attached hydrogens (tertiary/aromatic N) is 2. The molecule has 96 valence electrons. The van der Waals surface area contributed by atoms with Crippen molar-refractivity contribution in [3.8, 4) is 0 Å². The van der Waals surface area contributed by atoms with E-state index in [1.165, 1.54) is 36.4 Å². The Bertz CT molecular complexity index is 628. The summed E-state index contributed by atoms with van der Waals surface area (Å²) < 4.78 is 12.8. The van der Waals surface area contributed by atoms with Crippen molar-refractivity contribution in [2.75, 3.05) is 5.32 Å². The van der Waals surface area contributed by atoms with E-state index in [4.69, 9.17) is 0 Å². The van der Waals surface area contributed by atoms with Crippen LogP contribution < -0.4 is 5.32 Å². The van der Waals surface area contributed by atoms with E-state index in [2.05, 4.69) is 10.3 Å². The quantitative estimate of drug-likeness (QED) is 0.522. The minimum absolute atomic E-state index is 0.0725. The number of halogens is 1. The summed E-state index contributed by atoms with van der Waals surface area (Å²) in [5.74, 6) is -1.15. The van der Waals surface area contributed by atoms with Crippen LogP contribution in [-0.2, 0) is 0 Å². The summed E-state index contributed by atoms with van der Waals surface area (Å²) in [7, 11) is 0. The fourth-order valence-corrected chi connectivity index (χ4v) is 1.40. The molecule has 0 atom stereocenters. The van der Waals surface area contributed by atoms with Gasteiger partial charge in [0, 0.05) is 17.7 Å². The lowest BCUT2D eigenvalue weighted by atomic mass is 10.2. The molecule has 0 aliphatic rings. The van der Waals surface area contributed by atoms with Crippen LogP contribution in [-0.4, -0.2) is 15.8 Å². The molecule has 0 spiro atoms. The number of benzene rings is 1. The predicted octanol–water partition coefficient (Wildman–Crippen LogP) is 2.38. The van der Waals surface area contributed by atoms with Crippen molar-refractivity contribution < 1.29 is 14.1 Å². The Morgan fingerprint density at radius 3 is 2.47 bits per heavy atom. The SMILES string of the molecule is O=C(Nc1cccc(F)n1)c1ccc([N+](=O)[O-])cc1. The number of non-ortho nitro benzene ring substituents is 1. The third-order valence-corrected chi connectivity index (χ3v) is 2.30. The number of aromatic nitrogens is 1. The van der Waals surface area contributed by atoms with E-state index >= 15 is 0 Å². The Labute approximate surface area is 107 Å². The number of carbonyl (C=O) groups is 1. The number of carbonyl (C=O) groups excluding carboxylic acids is 1. The molecular formula is C12H8FN3O3. The highest BCUT2D eigenvalue weighted by molar-refractivity contribution is 6.03. The van der Waals surface area contributed by atoms with Gasteiger partial charge >= 0.3 is 0 Å². The van der Waals surface area contributed by atoms with Crippen LogP contribution in [0.4, 0.5) is 15.9 Å². The maximum Gasteiger partial charge on any atom is 0.269 e. The number of nitro groups is 1. The smallest absolute Gasteiger partial charge is 0.269 e. The van der Waals surface area contributed by atoms with Gasteiger partial charge in [-0.25, -0.2) is 4.98 Å². The summed E-state index contributed by atoms with van der Waals surface area (Å²) in [5.41, 5.74) is 0.108. The largest absolute Gasteiger partial charge is 0.306 e. The van der Waals surface area contributed by atoms with E-state index < -0.39 is 16.8 Å². The Morgan fingerprint density at radius 2 is 1.89 bits per heavy atom. The third-order valence-electron chi connectivity index (χ3n) is 2.30. The summed E-state index contributed by atoms with van der Waals surface area (Å²) in [5, 5.41) is 12.9. The lowest BCUT2D eigenvalue weighted by Gasteiger charge is -2.03. The van der Waals surface area contributed by atoms with Crippen molar-refractivity contribution in [2.24, 2.45) is 0 Å². The van der Waals surface area contributed by atoms with E-state index in [9.17, 15) is 19.3 Å². The molecule has 1 N–H and O–H groups in total. The standard InChI is InChI=1S/C12H8FN3O3/c13-10-2-1-3-11(14-10)15-12(17)8-4-6-9(7-5-8)16(18)19/h1-7H,(H,14,15,17). The Hall–Kier alpha value is -2.83. The van der Waals surface area contributed by atoms with Crippen LogP contribution in [0.1, 0.15) is 10.4 Å². The van der Waals surface area contributed by atoms with Crippen LogP contribution in [0.25, 0.3) is 0 Å². The van der Waals surface area contributed by atoms with Gasteiger partial charge < -0.3 is 5.32 Å².